The lowest BCUT2D eigenvalue weighted by molar-refractivity contribution is -0.137. The van der Waals surface area contributed by atoms with Crippen molar-refractivity contribution in [2.75, 3.05) is 0 Å². The molecule has 0 fully saturated rings. The third-order valence-corrected chi connectivity index (χ3v) is 5.55. The van der Waals surface area contributed by atoms with Gasteiger partial charge in [-0.05, 0) is 30.7 Å². The maximum absolute atomic E-state index is 12.7. The predicted molar refractivity (Wildman–Crippen MR) is 104 cm³/mol. The average Bonchev–Trinajstić information content (AvgIpc) is 3.29. The number of halogens is 3. The molecule has 0 unspecified atom stereocenters. The lowest BCUT2D eigenvalue weighted by Gasteiger charge is -2.08. The molecule has 4 aromatic rings. The number of para-hydroxylation sites is 1. The number of H-pyrrole nitrogens is 1. The second-order valence-corrected chi connectivity index (χ2v) is 7.22. The summed E-state index contributed by atoms with van der Waals surface area (Å²) in [7, 11) is 0. The van der Waals surface area contributed by atoms with Gasteiger partial charge >= 0.3 is 6.18 Å². The molecular formula is C20H17F3N4S. The number of benzene rings is 2. The van der Waals surface area contributed by atoms with E-state index < -0.39 is 11.7 Å². The van der Waals surface area contributed by atoms with Crippen molar-refractivity contribution < 1.29 is 13.2 Å². The first kappa shape index (κ1) is 18.6. The van der Waals surface area contributed by atoms with E-state index in [4.69, 9.17) is 0 Å². The molecule has 2 aromatic heterocycles. The number of hydrogen-bond acceptors (Lipinski definition) is 3. The topological polar surface area (TPSA) is 46.5 Å². The fourth-order valence-electron chi connectivity index (χ4n) is 3.07. The minimum atomic E-state index is -4.32. The highest BCUT2D eigenvalue weighted by molar-refractivity contribution is 7.98. The summed E-state index contributed by atoms with van der Waals surface area (Å²) >= 11 is 1.46. The zero-order chi connectivity index (χ0) is 19.7. The summed E-state index contributed by atoms with van der Waals surface area (Å²) in [5.41, 5.74) is 2.17. The average molecular weight is 402 g/mol. The molecule has 2 aromatic carbocycles. The van der Waals surface area contributed by atoms with Crippen LogP contribution in [0.5, 0.6) is 0 Å². The predicted octanol–water partition coefficient (Wildman–Crippen LogP) is 5.76. The van der Waals surface area contributed by atoms with Gasteiger partial charge in [0.2, 0.25) is 0 Å². The Morgan fingerprint density at radius 1 is 1.04 bits per heavy atom. The van der Waals surface area contributed by atoms with E-state index in [1.807, 2.05) is 42.0 Å². The van der Waals surface area contributed by atoms with Gasteiger partial charge in [0.15, 0.2) is 11.0 Å². The first-order valence-electron chi connectivity index (χ1n) is 8.76. The molecule has 0 radical (unpaired) electrons. The third kappa shape index (κ3) is 3.52. The van der Waals surface area contributed by atoms with Crippen LogP contribution < -0.4 is 0 Å². The minimum Gasteiger partial charge on any atom is -0.360 e. The molecule has 0 spiro atoms. The fourth-order valence-corrected chi connectivity index (χ4v) is 4.03. The molecular weight excluding hydrogens is 385 g/mol. The van der Waals surface area contributed by atoms with Crippen LogP contribution in [0.15, 0.2) is 59.9 Å². The molecule has 0 aliphatic heterocycles. The number of hydrogen-bond donors (Lipinski definition) is 1. The van der Waals surface area contributed by atoms with E-state index in [1.54, 1.807) is 0 Å². The molecule has 0 aliphatic carbocycles. The van der Waals surface area contributed by atoms with E-state index in [0.717, 1.165) is 45.1 Å². The Morgan fingerprint density at radius 3 is 2.50 bits per heavy atom. The number of aromatic nitrogens is 4. The molecule has 0 atom stereocenters. The van der Waals surface area contributed by atoms with Gasteiger partial charge in [0, 0.05) is 35.0 Å². The van der Waals surface area contributed by atoms with Crippen LogP contribution in [0.4, 0.5) is 13.2 Å². The van der Waals surface area contributed by atoms with Gasteiger partial charge in [-0.25, -0.2) is 0 Å². The van der Waals surface area contributed by atoms with Gasteiger partial charge < -0.3 is 9.55 Å². The SMILES string of the molecule is CCn1c(SCc2ccc(C(F)(F)F)cc2)nnc1-c1c[nH]c2ccccc12. The number of fused-ring (bicyclic) bond motifs is 1. The van der Waals surface area contributed by atoms with E-state index in [-0.39, 0.29) is 0 Å². The molecule has 0 aliphatic rings. The van der Waals surface area contributed by atoms with Crippen LogP contribution in [0, 0.1) is 0 Å². The summed E-state index contributed by atoms with van der Waals surface area (Å²) in [5.74, 6) is 1.29. The van der Waals surface area contributed by atoms with Crippen LogP contribution in [0.2, 0.25) is 0 Å². The van der Waals surface area contributed by atoms with Crippen molar-refractivity contribution in [3.63, 3.8) is 0 Å². The van der Waals surface area contributed by atoms with Crippen LogP contribution in [0.1, 0.15) is 18.1 Å². The molecule has 0 amide bonds. The lowest BCUT2D eigenvalue weighted by atomic mass is 10.1. The molecule has 0 saturated heterocycles. The smallest absolute Gasteiger partial charge is 0.360 e. The second kappa shape index (κ2) is 7.35. The Labute approximate surface area is 163 Å². The van der Waals surface area contributed by atoms with Crippen molar-refractivity contribution in [3.8, 4) is 11.4 Å². The van der Waals surface area contributed by atoms with Crippen molar-refractivity contribution in [2.24, 2.45) is 0 Å². The van der Waals surface area contributed by atoms with E-state index >= 15 is 0 Å². The highest BCUT2D eigenvalue weighted by Gasteiger charge is 2.29. The summed E-state index contributed by atoms with van der Waals surface area (Å²) in [6.07, 6.45) is -2.40. The van der Waals surface area contributed by atoms with Gasteiger partial charge in [0.25, 0.3) is 0 Å². The first-order valence-corrected chi connectivity index (χ1v) is 9.74. The molecule has 2 heterocycles. The number of nitrogens with one attached hydrogen (secondary N) is 1. The Balaban J connectivity index is 1.57. The number of rotatable bonds is 5. The number of aromatic amines is 1. The van der Waals surface area contributed by atoms with E-state index in [2.05, 4.69) is 15.2 Å². The molecule has 1 N–H and O–H groups in total. The largest absolute Gasteiger partial charge is 0.416 e. The van der Waals surface area contributed by atoms with Crippen LogP contribution in [-0.2, 0) is 18.5 Å². The molecule has 0 bridgehead atoms. The Kier molecular flexibility index (Phi) is 4.89. The van der Waals surface area contributed by atoms with Crippen LogP contribution in [0.25, 0.3) is 22.3 Å². The normalized spacial score (nSPS) is 12.0. The Morgan fingerprint density at radius 2 is 1.79 bits per heavy atom. The van der Waals surface area contributed by atoms with E-state index in [0.29, 0.717) is 12.3 Å². The third-order valence-electron chi connectivity index (χ3n) is 4.51. The minimum absolute atomic E-state index is 0.518. The molecule has 4 rings (SSSR count). The van der Waals surface area contributed by atoms with Crippen molar-refractivity contribution in [2.45, 2.75) is 30.6 Å². The van der Waals surface area contributed by atoms with Crippen LogP contribution >= 0.6 is 11.8 Å². The van der Waals surface area contributed by atoms with Crippen LogP contribution in [0.3, 0.4) is 0 Å². The maximum atomic E-state index is 12.7. The molecule has 0 saturated carbocycles. The molecule has 144 valence electrons. The zero-order valence-electron chi connectivity index (χ0n) is 15.0. The number of nitrogens with zero attached hydrogens (tertiary/aromatic N) is 3. The monoisotopic (exact) mass is 402 g/mol. The van der Waals surface area contributed by atoms with Gasteiger partial charge in [-0.15, -0.1) is 10.2 Å². The Hall–Kier alpha value is -2.74. The quantitative estimate of drug-likeness (QED) is 0.432. The number of alkyl halides is 3. The van der Waals surface area contributed by atoms with Gasteiger partial charge in [0.1, 0.15) is 0 Å². The van der Waals surface area contributed by atoms with Gasteiger partial charge in [0.05, 0.1) is 5.56 Å². The molecule has 28 heavy (non-hydrogen) atoms. The second-order valence-electron chi connectivity index (χ2n) is 6.28. The van der Waals surface area contributed by atoms with Crippen molar-refractivity contribution in [1.82, 2.24) is 19.7 Å². The highest BCUT2D eigenvalue weighted by Crippen LogP contribution is 2.32. The van der Waals surface area contributed by atoms with Crippen molar-refractivity contribution >= 4 is 22.7 Å². The summed E-state index contributed by atoms with van der Waals surface area (Å²) in [5, 5.41) is 10.5. The summed E-state index contributed by atoms with van der Waals surface area (Å²) in [6.45, 7) is 2.71. The van der Waals surface area contributed by atoms with Gasteiger partial charge in [-0.3, -0.25) is 0 Å². The number of thioether (sulfide) groups is 1. The summed E-state index contributed by atoms with van der Waals surface area (Å²) < 4.78 is 40.1. The Bertz CT molecular complexity index is 1100. The van der Waals surface area contributed by atoms with Crippen LogP contribution in [-0.4, -0.2) is 19.7 Å². The van der Waals surface area contributed by atoms with E-state index in [1.165, 1.54) is 23.9 Å². The lowest BCUT2D eigenvalue weighted by Crippen LogP contribution is -2.04. The molecule has 4 nitrogen and oxygen atoms in total. The van der Waals surface area contributed by atoms with Gasteiger partial charge in [-0.2, -0.15) is 13.2 Å². The van der Waals surface area contributed by atoms with Crippen molar-refractivity contribution in [1.29, 1.82) is 0 Å². The van der Waals surface area contributed by atoms with E-state index in [9.17, 15) is 13.2 Å². The zero-order valence-corrected chi connectivity index (χ0v) is 15.8. The van der Waals surface area contributed by atoms with Gasteiger partial charge in [-0.1, -0.05) is 42.1 Å². The summed E-state index contributed by atoms with van der Waals surface area (Å²) in [4.78, 5) is 3.24. The molecule has 8 heteroatoms. The first-order chi connectivity index (χ1) is 13.5. The van der Waals surface area contributed by atoms with Crippen molar-refractivity contribution in [3.05, 3.63) is 65.9 Å². The summed E-state index contributed by atoms with van der Waals surface area (Å²) in [6, 6.07) is 13.2. The highest BCUT2D eigenvalue weighted by atomic mass is 32.2. The standard InChI is InChI=1S/C20H17F3N4S/c1-2-27-18(16-11-24-17-6-4-3-5-15(16)17)25-26-19(27)28-12-13-7-9-14(10-8-13)20(21,22)23/h3-11,24H,2,12H2,1H3. The maximum Gasteiger partial charge on any atom is 0.416 e. The fraction of sp³-hybridized carbons (Fsp3) is 0.200.